The Hall–Kier alpha value is -3.07. The monoisotopic (exact) mass is 399 g/mol. The molecule has 154 valence electrons. The van der Waals surface area contributed by atoms with Crippen LogP contribution in [0.4, 0.5) is 10.5 Å². The third-order valence-electron chi connectivity index (χ3n) is 5.74. The van der Waals surface area contributed by atoms with Gasteiger partial charge in [-0.05, 0) is 38.1 Å². The molecule has 3 heterocycles. The van der Waals surface area contributed by atoms with E-state index in [0.717, 1.165) is 22.8 Å². The molecule has 0 spiro atoms. The van der Waals surface area contributed by atoms with Crippen LogP contribution in [0.3, 0.4) is 0 Å². The maximum Gasteiger partial charge on any atom is 0.328 e. The van der Waals surface area contributed by atoms with Crippen LogP contribution < -0.4 is 9.64 Å². The fourth-order valence-corrected chi connectivity index (χ4v) is 4.04. The molecule has 3 aliphatic rings. The first kappa shape index (κ1) is 19.3. The van der Waals surface area contributed by atoms with E-state index in [1.54, 1.807) is 21.3 Å². The number of carbonyl (C=O) groups is 2. The number of fused-ring (bicyclic) bond motifs is 3. The zero-order valence-corrected chi connectivity index (χ0v) is 17.2. The predicted octanol–water partition coefficient (Wildman–Crippen LogP) is 1.67. The third-order valence-corrected chi connectivity index (χ3v) is 5.74. The lowest BCUT2D eigenvalue weighted by atomic mass is 10.1. The zero-order valence-electron chi connectivity index (χ0n) is 17.2. The quantitative estimate of drug-likeness (QED) is 0.750. The highest BCUT2D eigenvalue weighted by Gasteiger charge is 2.55. The minimum atomic E-state index is -0.581. The number of hydrogen-bond acceptors (Lipinski definition) is 7. The van der Waals surface area contributed by atoms with Crippen molar-refractivity contribution in [1.29, 1.82) is 0 Å². The van der Waals surface area contributed by atoms with Gasteiger partial charge >= 0.3 is 6.03 Å². The molecule has 9 nitrogen and oxygen atoms in total. The molecule has 1 saturated heterocycles. The van der Waals surface area contributed by atoms with Gasteiger partial charge in [0.05, 0.1) is 20.3 Å². The maximum atomic E-state index is 13.2. The van der Waals surface area contributed by atoms with Gasteiger partial charge in [-0.2, -0.15) is 0 Å². The van der Waals surface area contributed by atoms with E-state index in [9.17, 15) is 9.59 Å². The molecule has 4 rings (SSSR count). The number of nitrogens with zero attached hydrogens (tertiary/aromatic N) is 5. The molecule has 0 radical (unpaired) electrons. The number of anilines is 1. The molecular formula is C20H25N5O4. The summed E-state index contributed by atoms with van der Waals surface area (Å²) in [5.74, 6) is 1.17. The van der Waals surface area contributed by atoms with Gasteiger partial charge in [-0.3, -0.25) is 19.5 Å². The summed E-state index contributed by atoms with van der Waals surface area (Å²) in [4.78, 5) is 37.5. The Morgan fingerprint density at radius 2 is 1.76 bits per heavy atom. The van der Waals surface area contributed by atoms with Crippen molar-refractivity contribution in [2.45, 2.75) is 26.1 Å². The minimum Gasteiger partial charge on any atom is -0.497 e. The number of ether oxygens (including phenoxy) is 2. The Bertz CT molecular complexity index is 910. The molecule has 3 amide bonds. The minimum absolute atomic E-state index is 0.217. The predicted molar refractivity (Wildman–Crippen MR) is 107 cm³/mol. The summed E-state index contributed by atoms with van der Waals surface area (Å²) >= 11 is 0. The van der Waals surface area contributed by atoms with Gasteiger partial charge in [0.15, 0.2) is 12.2 Å². The first-order chi connectivity index (χ1) is 13.9. The van der Waals surface area contributed by atoms with Crippen LogP contribution in [-0.2, 0) is 9.53 Å². The smallest absolute Gasteiger partial charge is 0.328 e. The molecule has 1 aromatic rings. The van der Waals surface area contributed by atoms with Crippen molar-refractivity contribution in [2.24, 2.45) is 4.99 Å². The van der Waals surface area contributed by atoms with Crippen molar-refractivity contribution in [2.75, 3.05) is 39.3 Å². The van der Waals surface area contributed by atoms with Gasteiger partial charge in [0.2, 0.25) is 5.96 Å². The van der Waals surface area contributed by atoms with E-state index in [0.29, 0.717) is 12.6 Å². The number of likely N-dealkylation sites (N-methyl/N-ethyl adjacent to an activating group) is 1. The number of rotatable bonds is 5. The van der Waals surface area contributed by atoms with Crippen LogP contribution in [0, 0.1) is 0 Å². The van der Waals surface area contributed by atoms with Gasteiger partial charge < -0.3 is 14.4 Å². The summed E-state index contributed by atoms with van der Waals surface area (Å²) in [5, 5.41) is 0. The number of aliphatic imine (C=N–C) groups is 1. The molecule has 0 saturated carbocycles. The van der Waals surface area contributed by atoms with Crippen LogP contribution in [0.5, 0.6) is 5.75 Å². The number of urea groups is 1. The number of benzene rings is 1. The summed E-state index contributed by atoms with van der Waals surface area (Å²) in [6, 6.07) is 6.74. The fraction of sp³-hybridized carbons (Fsp3) is 0.450. The standard InChI is InChI=1S/C20H25N5O4/c1-12-13(2)25-16-17(22(3)20(27)23(18(16)26)10-11-28-4)21-19(25)24(12)14-6-8-15(29-5)9-7-14/h6-9,16-17H,10-11H2,1-5H3. The Morgan fingerprint density at radius 1 is 1.07 bits per heavy atom. The number of methoxy groups -OCH3 is 2. The number of imide groups is 1. The van der Waals surface area contributed by atoms with E-state index in [1.165, 1.54) is 9.80 Å². The molecule has 0 aromatic heterocycles. The Morgan fingerprint density at radius 3 is 2.38 bits per heavy atom. The molecule has 0 bridgehead atoms. The fourth-order valence-electron chi connectivity index (χ4n) is 4.04. The molecule has 29 heavy (non-hydrogen) atoms. The summed E-state index contributed by atoms with van der Waals surface area (Å²) < 4.78 is 10.3. The second-order valence-electron chi connectivity index (χ2n) is 7.24. The zero-order chi connectivity index (χ0) is 20.9. The lowest BCUT2D eigenvalue weighted by Gasteiger charge is -2.40. The van der Waals surface area contributed by atoms with Gasteiger partial charge in [0.25, 0.3) is 5.91 Å². The third kappa shape index (κ3) is 2.76. The highest BCUT2D eigenvalue weighted by molar-refractivity contribution is 6.10. The molecule has 0 N–H and O–H groups in total. The molecule has 3 aliphatic heterocycles. The highest BCUT2D eigenvalue weighted by atomic mass is 16.5. The van der Waals surface area contributed by atoms with Crippen LogP contribution in [0.2, 0.25) is 0 Å². The Labute approximate surface area is 169 Å². The number of carbonyl (C=O) groups excluding carboxylic acids is 2. The first-order valence-electron chi connectivity index (χ1n) is 9.46. The molecular weight excluding hydrogens is 374 g/mol. The lowest BCUT2D eigenvalue weighted by Crippen LogP contribution is -2.65. The van der Waals surface area contributed by atoms with Crippen LogP contribution in [-0.4, -0.2) is 79.2 Å². The largest absolute Gasteiger partial charge is 0.497 e. The van der Waals surface area contributed by atoms with E-state index < -0.39 is 12.2 Å². The van der Waals surface area contributed by atoms with Crippen LogP contribution >= 0.6 is 0 Å². The van der Waals surface area contributed by atoms with Crippen molar-refractivity contribution in [1.82, 2.24) is 14.7 Å². The van der Waals surface area contributed by atoms with E-state index in [1.807, 2.05) is 47.9 Å². The summed E-state index contributed by atoms with van der Waals surface area (Å²) in [7, 11) is 4.86. The second kappa shape index (κ2) is 7.07. The van der Waals surface area contributed by atoms with Crippen molar-refractivity contribution >= 4 is 23.6 Å². The second-order valence-corrected chi connectivity index (χ2v) is 7.24. The number of allylic oxidation sites excluding steroid dienone is 2. The summed E-state index contributed by atoms with van der Waals surface area (Å²) in [6.45, 7) is 4.48. The molecule has 1 aromatic carbocycles. The van der Waals surface area contributed by atoms with E-state index in [2.05, 4.69) is 0 Å². The highest BCUT2D eigenvalue weighted by Crippen LogP contribution is 2.40. The van der Waals surface area contributed by atoms with Crippen LogP contribution in [0.25, 0.3) is 0 Å². The van der Waals surface area contributed by atoms with Crippen LogP contribution in [0.15, 0.2) is 40.7 Å². The van der Waals surface area contributed by atoms with Gasteiger partial charge in [-0.25, -0.2) is 9.79 Å². The lowest BCUT2D eigenvalue weighted by molar-refractivity contribution is -0.137. The topological polar surface area (TPSA) is 77.9 Å². The SMILES string of the molecule is COCCN1C(=O)C2C(N=C3N(c4ccc(OC)cc4)C(C)=C(C)N32)N(C)C1=O. The average Bonchev–Trinajstić information content (AvgIpc) is 3.22. The van der Waals surface area contributed by atoms with E-state index in [4.69, 9.17) is 14.5 Å². The van der Waals surface area contributed by atoms with Gasteiger partial charge in [0.1, 0.15) is 5.75 Å². The molecule has 2 atom stereocenters. The average molecular weight is 399 g/mol. The van der Waals surface area contributed by atoms with Crippen molar-refractivity contribution in [3.8, 4) is 5.75 Å². The van der Waals surface area contributed by atoms with Crippen molar-refractivity contribution in [3.63, 3.8) is 0 Å². The maximum absolute atomic E-state index is 13.2. The first-order valence-corrected chi connectivity index (χ1v) is 9.46. The van der Waals surface area contributed by atoms with Gasteiger partial charge in [-0.1, -0.05) is 0 Å². The Kier molecular flexibility index (Phi) is 4.70. The number of guanidine groups is 1. The molecule has 0 aliphatic carbocycles. The number of amides is 3. The number of hydrogen-bond donors (Lipinski definition) is 0. The van der Waals surface area contributed by atoms with Gasteiger partial charge in [0, 0.05) is 31.2 Å². The Balaban J connectivity index is 1.72. The van der Waals surface area contributed by atoms with E-state index >= 15 is 0 Å². The van der Waals surface area contributed by atoms with Gasteiger partial charge in [-0.15, -0.1) is 0 Å². The summed E-state index contributed by atoms with van der Waals surface area (Å²) in [6.07, 6.45) is -0.562. The van der Waals surface area contributed by atoms with Crippen molar-refractivity contribution < 1.29 is 19.1 Å². The van der Waals surface area contributed by atoms with Crippen molar-refractivity contribution in [3.05, 3.63) is 35.7 Å². The molecule has 9 heteroatoms. The molecule has 1 fully saturated rings. The summed E-state index contributed by atoms with van der Waals surface area (Å²) in [5.41, 5.74) is 2.85. The normalized spacial score (nSPS) is 23.7. The van der Waals surface area contributed by atoms with Crippen LogP contribution in [0.1, 0.15) is 13.8 Å². The van der Waals surface area contributed by atoms with E-state index in [-0.39, 0.29) is 18.5 Å². The molecule has 2 unspecified atom stereocenters.